The largest absolute Gasteiger partial charge is 0.480 e. The molecule has 2 atom stereocenters. The Morgan fingerprint density at radius 2 is 2.00 bits per heavy atom. The van der Waals surface area contributed by atoms with Gasteiger partial charge in [0.25, 0.3) is 0 Å². The molecule has 18 heavy (non-hydrogen) atoms. The summed E-state index contributed by atoms with van der Waals surface area (Å²) in [4.78, 5) is 34.9. The van der Waals surface area contributed by atoms with Crippen LogP contribution < -0.4 is 5.32 Å². The number of carbonyl (C=O) groups is 3. The fourth-order valence-electron chi connectivity index (χ4n) is 1.81. The number of carboxylic acid groups (broad SMARTS) is 1. The third-order valence-electron chi connectivity index (χ3n) is 3.14. The molecule has 1 aliphatic carbocycles. The fourth-order valence-corrected chi connectivity index (χ4v) is 1.81. The number of carboxylic acids is 1. The van der Waals surface area contributed by atoms with Gasteiger partial charge in [-0.2, -0.15) is 0 Å². The summed E-state index contributed by atoms with van der Waals surface area (Å²) in [5.74, 6) is -0.733. The van der Waals surface area contributed by atoms with E-state index < -0.39 is 5.97 Å². The van der Waals surface area contributed by atoms with Gasteiger partial charge in [-0.1, -0.05) is 6.92 Å². The molecule has 0 aromatic rings. The number of carbonyl (C=O) groups excluding carboxylic acids is 2. The molecule has 1 rings (SSSR count). The molecule has 0 bridgehead atoms. The average Bonchev–Trinajstić information content (AvgIpc) is 3.02. The van der Waals surface area contributed by atoms with Gasteiger partial charge in [-0.05, 0) is 19.3 Å². The van der Waals surface area contributed by atoms with Gasteiger partial charge in [-0.25, -0.2) is 0 Å². The average molecular weight is 256 g/mol. The minimum Gasteiger partial charge on any atom is -0.480 e. The summed E-state index contributed by atoms with van der Waals surface area (Å²) in [6, 6.07) is 0. The van der Waals surface area contributed by atoms with E-state index in [0.717, 1.165) is 6.42 Å². The molecule has 6 heteroatoms. The van der Waals surface area contributed by atoms with Gasteiger partial charge in [0, 0.05) is 25.4 Å². The molecule has 102 valence electrons. The molecule has 0 spiro atoms. The Bertz CT molecular complexity index is 343. The van der Waals surface area contributed by atoms with E-state index >= 15 is 0 Å². The van der Waals surface area contributed by atoms with Crippen LogP contribution in [0.4, 0.5) is 0 Å². The molecule has 0 aromatic heterocycles. The van der Waals surface area contributed by atoms with Gasteiger partial charge in [0.1, 0.15) is 6.54 Å². The maximum Gasteiger partial charge on any atom is 0.323 e. The van der Waals surface area contributed by atoms with Crippen molar-refractivity contribution in [1.29, 1.82) is 0 Å². The van der Waals surface area contributed by atoms with Gasteiger partial charge in [0.2, 0.25) is 11.8 Å². The highest BCUT2D eigenvalue weighted by atomic mass is 16.4. The van der Waals surface area contributed by atoms with Crippen molar-refractivity contribution in [1.82, 2.24) is 10.2 Å². The summed E-state index contributed by atoms with van der Waals surface area (Å²) < 4.78 is 0. The zero-order chi connectivity index (χ0) is 13.7. The monoisotopic (exact) mass is 256 g/mol. The van der Waals surface area contributed by atoms with Crippen molar-refractivity contribution < 1.29 is 19.5 Å². The van der Waals surface area contributed by atoms with Crippen molar-refractivity contribution in [3.63, 3.8) is 0 Å². The van der Waals surface area contributed by atoms with Crippen molar-refractivity contribution in [3.05, 3.63) is 0 Å². The summed E-state index contributed by atoms with van der Waals surface area (Å²) in [6.45, 7) is 4.09. The maximum absolute atomic E-state index is 11.7. The van der Waals surface area contributed by atoms with E-state index in [1.165, 1.54) is 4.90 Å². The van der Waals surface area contributed by atoms with Crippen LogP contribution in [-0.4, -0.2) is 47.4 Å². The van der Waals surface area contributed by atoms with Crippen LogP contribution in [0.1, 0.15) is 26.7 Å². The van der Waals surface area contributed by atoms with E-state index in [9.17, 15) is 14.4 Å². The van der Waals surface area contributed by atoms with Crippen LogP contribution in [0, 0.1) is 11.8 Å². The molecule has 2 N–H and O–H groups in total. The number of aliphatic carboxylic acids is 1. The first kappa shape index (κ1) is 14.5. The molecule has 0 aromatic carbocycles. The van der Waals surface area contributed by atoms with E-state index in [2.05, 4.69) is 5.32 Å². The quantitative estimate of drug-likeness (QED) is 0.675. The zero-order valence-electron chi connectivity index (χ0n) is 10.8. The lowest BCUT2D eigenvalue weighted by Gasteiger charge is -2.18. The van der Waals surface area contributed by atoms with Gasteiger partial charge in [-0.15, -0.1) is 0 Å². The molecule has 1 saturated carbocycles. The summed E-state index contributed by atoms with van der Waals surface area (Å²) in [7, 11) is 0. The van der Waals surface area contributed by atoms with Crippen LogP contribution in [0.3, 0.4) is 0 Å². The van der Waals surface area contributed by atoms with E-state index in [0.29, 0.717) is 12.5 Å². The topological polar surface area (TPSA) is 86.7 Å². The van der Waals surface area contributed by atoms with Crippen molar-refractivity contribution in [2.24, 2.45) is 11.8 Å². The highest BCUT2D eigenvalue weighted by Crippen LogP contribution is 2.37. The summed E-state index contributed by atoms with van der Waals surface area (Å²) in [6.07, 6.45) is 1.06. The zero-order valence-corrected chi connectivity index (χ0v) is 10.8. The van der Waals surface area contributed by atoms with Crippen molar-refractivity contribution in [2.75, 3.05) is 19.6 Å². The van der Waals surface area contributed by atoms with Crippen molar-refractivity contribution in [2.45, 2.75) is 26.7 Å². The third-order valence-corrected chi connectivity index (χ3v) is 3.14. The molecule has 1 fully saturated rings. The highest BCUT2D eigenvalue weighted by molar-refractivity contribution is 5.83. The second-order valence-electron chi connectivity index (χ2n) is 4.66. The Morgan fingerprint density at radius 1 is 1.39 bits per heavy atom. The second-order valence-corrected chi connectivity index (χ2v) is 4.66. The van der Waals surface area contributed by atoms with Crippen molar-refractivity contribution >= 4 is 17.8 Å². The van der Waals surface area contributed by atoms with Crippen LogP contribution in [0.2, 0.25) is 0 Å². The van der Waals surface area contributed by atoms with E-state index in [-0.39, 0.29) is 37.2 Å². The summed E-state index contributed by atoms with van der Waals surface area (Å²) in [5.41, 5.74) is 0. The lowest BCUT2D eigenvalue weighted by atomic mass is 10.3. The van der Waals surface area contributed by atoms with Gasteiger partial charge in [0.15, 0.2) is 0 Å². The minimum absolute atomic E-state index is 0.00316. The Hall–Kier alpha value is -1.59. The standard InChI is InChI=1S/C12H20N2O4/c1-3-14(7-11(16)17)10(15)4-5-13-12(18)9-6-8(9)2/h8-9H,3-7H2,1-2H3,(H,13,18)(H,16,17). The third kappa shape index (κ3) is 4.35. The normalized spacial score (nSPS) is 21.2. The molecular formula is C12H20N2O4. The molecule has 0 radical (unpaired) electrons. The smallest absolute Gasteiger partial charge is 0.323 e. The molecule has 2 amide bonds. The number of hydrogen-bond donors (Lipinski definition) is 2. The fraction of sp³-hybridized carbons (Fsp3) is 0.750. The molecule has 0 heterocycles. The van der Waals surface area contributed by atoms with Crippen LogP contribution in [-0.2, 0) is 14.4 Å². The number of rotatable bonds is 7. The van der Waals surface area contributed by atoms with E-state index in [1.807, 2.05) is 6.92 Å². The SMILES string of the molecule is CCN(CC(=O)O)C(=O)CCNC(=O)C1CC1C. The summed E-state index contributed by atoms with van der Waals surface area (Å²) in [5, 5.41) is 11.3. The predicted octanol–water partition coefficient (Wildman–Crippen LogP) is 0.0818. The lowest BCUT2D eigenvalue weighted by molar-refractivity contribution is -0.144. The predicted molar refractivity (Wildman–Crippen MR) is 64.8 cm³/mol. The first-order valence-corrected chi connectivity index (χ1v) is 6.23. The maximum atomic E-state index is 11.7. The van der Waals surface area contributed by atoms with E-state index in [4.69, 9.17) is 5.11 Å². The Labute approximate surface area is 106 Å². The van der Waals surface area contributed by atoms with Gasteiger partial charge >= 0.3 is 5.97 Å². The molecule has 0 aliphatic heterocycles. The molecule has 0 saturated heterocycles. The van der Waals surface area contributed by atoms with Crippen LogP contribution in [0.5, 0.6) is 0 Å². The van der Waals surface area contributed by atoms with Crippen molar-refractivity contribution in [3.8, 4) is 0 Å². The first-order chi connectivity index (χ1) is 8.45. The van der Waals surface area contributed by atoms with Gasteiger partial charge < -0.3 is 15.3 Å². The number of hydrogen-bond acceptors (Lipinski definition) is 3. The Morgan fingerprint density at radius 3 is 2.44 bits per heavy atom. The van der Waals surface area contributed by atoms with Crippen LogP contribution >= 0.6 is 0 Å². The molecular weight excluding hydrogens is 236 g/mol. The number of amides is 2. The number of nitrogens with one attached hydrogen (secondary N) is 1. The van der Waals surface area contributed by atoms with Gasteiger partial charge in [-0.3, -0.25) is 14.4 Å². The minimum atomic E-state index is -1.03. The molecule has 2 unspecified atom stereocenters. The first-order valence-electron chi connectivity index (χ1n) is 6.23. The van der Waals surface area contributed by atoms with Crippen LogP contribution in [0.15, 0.2) is 0 Å². The number of nitrogens with zero attached hydrogens (tertiary/aromatic N) is 1. The second kappa shape index (κ2) is 6.37. The Balaban J connectivity index is 2.22. The van der Waals surface area contributed by atoms with Crippen LogP contribution in [0.25, 0.3) is 0 Å². The Kier molecular flexibility index (Phi) is 5.12. The lowest BCUT2D eigenvalue weighted by Crippen LogP contribution is -2.38. The van der Waals surface area contributed by atoms with E-state index in [1.54, 1.807) is 6.92 Å². The molecule has 1 aliphatic rings. The highest BCUT2D eigenvalue weighted by Gasteiger charge is 2.38. The van der Waals surface area contributed by atoms with Gasteiger partial charge in [0.05, 0.1) is 0 Å². The molecule has 6 nitrogen and oxygen atoms in total. The number of likely N-dealkylation sites (N-methyl/N-ethyl adjacent to an activating group) is 1. The summed E-state index contributed by atoms with van der Waals surface area (Å²) >= 11 is 0.